The van der Waals surface area contributed by atoms with Gasteiger partial charge in [-0.25, -0.2) is 0 Å². The molecule has 112 valence electrons. The molecule has 1 fully saturated rings. The molecule has 0 heterocycles. The summed E-state index contributed by atoms with van der Waals surface area (Å²) >= 11 is 1.98. The van der Waals surface area contributed by atoms with Crippen molar-refractivity contribution in [3.8, 4) is 5.75 Å². The first-order valence-corrected chi connectivity index (χ1v) is 8.75. The molecule has 1 aromatic rings. The Kier molecular flexibility index (Phi) is 6.74. The Morgan fingerprint density at radius 2 is 1.90 bits per heavy atom. The Hall–Kier alpha value is -0.670. The molecular weight excluding hydrogens is 268 g/mol. The lowest BCUT2D eigenvalue weighted by molar-refractivity contribution is 0.189. The number of hydrogen-bond acceptors (Lipinski definition) is 3. The molecule has 3 heteroatoms. The largest absolute Gasteiger partial charge is 0.497 e. The van der Waals surface area contributed by atoms with Gasteiger partial charge < -0.3 is 9.84 Å². The predicted molar refractivity (Wildman–Crippen MR) is 86.7 cm³/mol. The van der Waals surface area contributed by atoms with E-state index in [1.165, 1.54) is 37.7 Å². The molecule has 0 aliphatic heterocycles. The van der Waals surface area contributed by atoms with E-state index < -0.39 is 0 Å². The summed E-state index contributed by atoms with van der Waals surface area (Å²) in [5, 5.41) is 10.9. The van der Waals surface area contributed by atoms with Crippen molar-refractivity contribution < 1.29 is 9.84 Å². The first-order valence-electron chi connectivity index (χ1n) is 7.70. The van der Waals surface area contributed by atoms with Crippen molar-refractivity contribution in [2.45, 2.75) is 56.3 Å². The number of benzene rings is 1. The maximum absolute atomic E-state index is 10.1. The van der Waals surface area contributed by atoms with Crippen molar-refractivity contribution in [2.75, 3.05) is 12.9 Å². The Balaban J connectivity index is 1.64. The Bertz CT molecular complexity index is 371. The standard InChI is InChI=1S/C17H26O2S/c1-19-16-11-8-14(9-12-16)7-10-15(18)13-20-17-5-3-2-4-6-17/h8-9,11-12,15,17-18H,2-7,10,13H2,1H3. The van der Waals surface area contributed by atoms with Gasteiger partial charge in [0.05, 0.1) is 13.2 Å². The topological polar surface area (TPSA) is 29.5 Å². The number of ether oxygens (including phenoxy) is 1. The summed E-state index contributed by atoms with van der Waals surface area (Å²) in [5.74, 6) is 1.78. The highest BCUT2D eigenvalue weighted by atomic mass is 32.2. The number of aryl methyl sites for hydroxylation is 1. The quantitative estimate of drug-likeness (QED) is 0.822. The van der Waals surface area contributed by atoms with Crippen LogP contribution in [-0.2, 0) is 6.42 Å². The molecule has 0 spiro atoms. The van der Waals surface area contributed by atoms with E-state index in [2.05, 4.69) is 12.1 Å². The van der Waals surface area contributed by atoms with E-state index in [-0.39, 0.29) is 6.10 Å². The van der Waals surface area contributed by atoms with Gasteiger partial charge >= 0.3 is 0 Å². The van der Waals surface area contributed by atoms with Gasteiger partial charge in [0.25, 0.3) is 0 Å². The van der Waals surface area contributed by atoms with E-state index in [1.54, 1.807) is 7.11 Å². The van der Waals surface area contributed by atoms with Crippen molar-refractivity contribution >= 4 is 11.8 Å². The molecule has 0 aromatic heterocycles. The third-order valence-electron chi connectivity index (χ3n) is 4.00. The number of thioether (sulfide) groups is 1. The fourth-order valence-electron chi connectivity index (χ4n) is 2.69. The zero-order valence-corrected chi connectivity index (χ0v) is 13.2. The third-order valence-corrected chi connectivity index (χ3v) is 5.52. The number of rotatable bonds is 7. The number of methoxy groups -OCH3 is 1. The van der Waals surface area contributed by atoms with Gasteiger partial charge in [0, 0.05) is 11.0 Å². The maximum atomic E-state index is 10.1. The molecule has 1 atom stereocenters. The van der Waals surface area contributed by atoms with Crippen LogP contribution in [0.25, 0.3) is 0 Å². The molecule has 0 bridgehead atoms. The van der Waals surface area contributed by atoms with Gasteiger partial charge in [-0.3, -0.25) is 0 Å². The molecule has 2 nitrogen and oxygen atoms in total. The number of hydrogen-bond donors (Lipinski definition) is 1. The van der Waals surface area contributed by atoms with Crippen molar-refractivity contribution in [2.24, 2.45) is 0 Å². The first-order chi connectivity index (χ1) is 9.78. The minimum absolute atomic E-state index is 0.177. The summed E-state index contributed by atoms with van der Waals surface area (Å²) in [5.41, 5.74) is 1.27. The highest BCUT2D eigenvalue weighted by Gasteiger charge is 2.15. The first kappa shape index (κ1) is 15.7. The van der Waals surface area contributed by atoms with Crippen molar-refractivity contribution in [3.63, 3.8) is 0 Å². The molecule has 1 aromatic carbocycles. The zero-order chi connectivity index (χ0) is 14.2. The SMILES string of the molecule is COc1ccc(CCC(O)CSC2CCCCC2)cc1. The molecule has 2 rings (SSSR count). The average molecular weight is 294 g/mol. The molecular formula is C17H26O2S. The van der Waals surface area contributed by atoms with E-state index >= 15 is 0 Å². The van der Waals surface area contributed by atoms with Gasteiger partial charge in [-0.1, -0.05) is 31.4 Å². The van der Waals surface area contributed by atoms with Crippen LogP contribution in [-0.4, -0.2) is 29.3 Å². The van der Waals surface area contributed by atoms with E-state index in [4.69, 9.17) is 4.74 Å². The van der Waals surface area contributed by atoms with Gasteiger partial charge in [0.15, 0.2) is 0 Å². The molecule has 0 radical (unpaired) electrons. The average Bonchev–Trinajstić information content (AvgIpc) is 2.52. The molecule has 1 N–H and O–H groups in total. The van der Waals surface area contributed by atoms with Gasteiger partial charge in [0.2, 0.25) is 0 Å². The lowest BCUT2D eigenvalue weighted by Gasteiger charge is -2.22. The fourth-order valence-corrected chi connectivity index (χ4v) is 4.02. The second-order valence-corrected chi connectivity index (χ2v) is 6.97. The lowest BCUT2D eigenvalue weighted by Crippen LogP contribution is -2.16. The molecule has 20 heavy (non-hydrogen) atoms. The summed E-state index contributed by atoms with van der Waals surface area (Å²) in [7, 11) is 1.68. The van der Waals surface area contributed by atoms with E-state index in [1.807, 2.05) is 23.9 Å². The second-order valence-electron chi connectivity index (χ2n) is 5.63. The molecule has 1 aliphatic carbocycles. The zero-order valence-electron chi connectivity index (χ0n) is 12.4. The van der Waals surface area contributed by atoms with Crippen molar-refractivity contribution in [1.29, 1.82) is 0 Å². The van der Waals surface area contributed by atoms with E-state index in [9.17, 15) is 5.11 Å². The third kappa shape index (κ3) is 5.37. The van der Waals surface area contributed by atoms with Gasteiger partial charge in [-0.05, 0) is 43.4 Å². The van der Waals surface area contributed by atoms with E-state index in [0.29, 0.717) is 0 Å². The monoisotopic (exact) mass is 294 g/mol. The van der Waals surface area contributed by atoms with Gasteiger partial charge in [-0.2, -0.15) is 11.8 Å². The van der Waals surface area contributed by atoms with E-state index in [0.717, 1.165) is 29.6 Å². The molecule has 1 aliphatic rings. The Labute approximate surface area is 126 Å². The maximum Gasteiger partial charge on any atom is 0.118 e. The molecule has 1 saturated carbocycles. The highest BCUT2D eigenvalue weighted by molar-refractivity contribution is 7.99. The normalized spacial score (nSPS) is 17.9. The summed E-state index contributed by atoms with van der Waals surface area (Å²) in [6.45, 7) is 0. The summed E-state index contributed by atoms with van der Waals surface area (Å²) in [6, 6.07) is 8.14. The second kappa shape index (κ2) is 8.58. The van der Waals surface area contributed by atoms with Crippen molar-refractivity contribution in [3.05, 3.63) is 29.8 Å². The van der Waals surface area contributed by atoms with Crippen LogP contribution in [0.5, 0.6) is 5.75 Å². The molecule has 0 amide bonds. The summed E-state index contributed by atoms with van der Waals surface area (Å²) in [4.78, 5) is 0. The number of aliphatic hydroxyl groups excluding tert-OH is 1. The van der Waals surface area contributed by atoms with Crippen molar-refractivity contribution in [1.82, 2.24) is 0 Å². The number of aliphatic hydroxyl groups is 1. The summed E-state index contributed by atoms with van der Waals surface area (Å²) in [6.07, 6.45) is 8.45. The minimum Gasteiger partial charge on any atom is -0.497 e. The van der Waals surface area contributed by atoms with Gasteiger partial charge in [0.1, 0.15) is 5.75 Å². The lowest BCUT2D eigenvalue weighted by atomic mass is 10.0. The Morgan fingerprint density at radius 1 is 1.20 bits per heavy atom. The Morgan fingerprint density at radius 3 is 2.55 bits per heavy atom. The van der Waals surface area contributed by atoms with Crippen LogP contribution in [0.4, 0.5) is 0 Å². The van der Waals surface area contributed by atoms with Crippen LogP contribution in [0, 0.1) is 0 Å². The van der Waals surface area contributed by atoms with Crippen LogP contribution >= 0.6 is 11.8 Å². The highest BCUT2D eigenvalue weighted by Crippen LogP contribution is 2.29. The van der Waals surface area contributed by atoms with Crippen LogP contribution < -0.4 is 4.74 Å². The molecule has 0 saturated heterocycles. The fraction of sp³-hybridized carbons (Fsp3) is 0.647. The van der Waals surface area contributed by atoms with Gasteiger partial charge in [-0.15, -0.1) is 0 Å². The smallest absolute Gasteiger partial charge is 0.118 e. The van der Waals surface area contributed by atoms with Crippen LogP contribution in [0.1, 0.15) is 44.1 Å². The minimum atomic E-state index is -0.177. The van der Waals surface area contributed by atoms with Crippen LogP contribution in [0.2, 0.25) is 0 Å². The van der Waals surface area contributed by atoms with Crippen LogP contribution in [0.3, 0.4) is 0 Å². The predicted octanol–water partition coefficient (Wildman–Crippen LogP) is 4.05. The summed E-state index contributed by atoms with van der Waals surface area (Å²) < 4.78 is 5.15. The van der Waals surface area contributed by atoms with Crippen LogP contribution in [0.15, 0.2) is 24.3 Å². The molecule has 1 unspecified atom stereocenters.